The number of rotatable bonds is 3. The Morgan fingerprint density at radius 2 is 2.12 bits per heavy atom. The van der Waals surface area contributed by atoms with Crippen LogP contribution in [0.15, 0.2) is 22.8 Å². The van der Waals surface area contributed by atoms with Crippen LogP contribution < -0.4 is 4.74 Å². The summed E-state index contributed by atoms with van der Waals surface area (Å²) < 4.78 is 11.3. The van der Waals surface area contributed by atoms with Crippen LogP contribution in [0.25, 0.3) is 16.5 Å². The molecule has 1 saturated heterocycles. The van der Waals surface area contributed by atoms with Gasteiger partial charge in [0, 0.05) is 35.2 Å². The summed E-state index contributed by atoms with van der Waals surface area (Å²) in [6.45, 7) is 8.98. The first kappa shape index (κ1) is 17.6. The first-order valence-electron chi connectivity index (χ1n) is 8.98. The largest absolute Gasteiger partial charge is 0.496 e. The molecule has 1 fully saturated rings. The highest BCUT2D eigenvalue weighted by Gasteiger charge is 2.23. The number of fused-ring (bicyclic) bond motifs is 1. The van der Waals surface area contributed by atoms with Gasteiger partial charge in [0.2, 0.25) is 5.91 Å². The van der Waals surface area contributed by atoms with Crippen LogP contribution in [0.5, 0.6) is 5.75 Å². The number of ether oxygens (including phenoxy) is 1. The molecule has 1 aromatic heterocycles. The van der Waals surface area contributed by atoms with Gasteiger partial charge in [-0.1, -0.05) is 0 Å². The van der Waals surface area contributed by atoms with E-state index in [-0.39, 0.29) is 5.91 Å². The quantitative estimate of drug-likeness (QED) is 0.749. The number of carbonyl (C=O) groups is 1. The van der Waals surface area contributed by atoms with Crippen molar-refractivity contribution in [2.45, 2.75) is 53.0 Å². The Hall–Kier alpha value is -2.23. The van der Waals surface area contributed by atoms with Crippen molar-refractivity contribution >= 4 is 22.4 Å². The summed E-state index contributed by atoms with van der Waals surface area (Å²) in [5.74, 6) is 0.864. The van der Waals surface area contributed by atoms with Crippen molar-refractivity contribution in [3.63, 3.8) is 0 Å². The number of amides is 1. The highest BCUT2D eigenvalue weighted by atomic mass is 16.5. The maximum atomic E-state index is 12.7. The summed E-state index contributed by atoms with van der Waals surface area (Å²) in [7, 11) is 1.66. The number of likely N-dealkylation sites (tertiary alicyclic amines) is 1. The van der Waals surface area contributed by atoms with Crippen molar-refractivity contribution in [3.05, 3.63) is 35.1 Å². The van der Waals surface area contributed by atoms with Crippen LogP contribution >= 0.6 is 0 Å². The number of aryl methyl sites for hydroxylation is 2. The van der Waals surface area contributed by atoms with E-state index in [1.54, 1.807) is 19.4 Å². The molecule has 1 aromatic carbocycles. The lowest BCUT2D eigenvalue weighted by atomic mass is 9.98. The topological polar surface area (TPSA) is 42.7 Å². The molecule has 0 radical (unpaired) electrons. The van der Waals surface area contributed by atoms with Crippen LogP contribution in [0.4, 0.5) is 0 Å². The van der Waals surface area contributed by atoms with Gasteiger partial charge >= 0.3 is 0 Å². The fourth-order valence-electron chi connectivity index (χ4n) is 3.77. The van der Waals surface area contributed by atoms with Gasteiger partial charge in [0.15, 0.2) is 0 Å². The Labute approximate surface area is 149 Å². The van der Waals surface area contributed by atoms with E-state index in [0.29, 0.717) is 6.04 Å². The Bertz CT molecular complexity index is 831. The molecule has 0 bridgehead atoms. The first-order valence-corrected chi connectivity index (χ1v) is 8.98. The fraction of sp³-hybridized carbons (Fsp3) is 0.476. The summed E-state index contributed by atoms with van der Waals surface area (Å²) in [5.41, 5.74) is 4.78. The van der Waals surface area contributed by atoms with Crippen molar-refractivity contribution in [1.29, 1.82) is 0 Å². The van der Waals surface area contributed by atoms with Gasteiger partial charge in [-0.3, -0.25) is 4.79 Å². The molecule has 0 aliphatic carbocycles. The van der Waals surface area contributed by atoms with E-state index in [4.69, 9.17) is 9.15 Å². The maximum Gasteiger partial charge on any atom is 0.247 e. The van der Waals surface area contributed by atoms with Gasteiger partial charge in [-0.2, -0.15) is 0 Å². The number of benzene rings is 1. The SMILES string of the molecule is COc1c(/C(C)=C/C(=O)N2CCCCC2C)cc2c(C)coc2c1C. The fourth-order valence-corrected chi connectivity index (χ4v) is 3.77. The van der Waals surface area contributed by atoms with E-state index in [9.17, 15) is 4.79 Å². The highest BCUT2D eigenvalue weighted by molar-refractivity contribution is 5.98. The van der Waals surface area contributed by atoms with E-state index in [0.717, 1.165) is 58.4 Å². The molecule has 1 aliphatic rings. The zero-order valence-electron chi connectivity index (χ0n) is 15.8. The second-order valence-electron chi connectivity index (χ2n) is 7.08. The molecular weight excluding hydrogens is 314 g/mol. The molecule has 1 aliphatic heterocycles. The molecule has 2 heterocycles. The van der Waals surface area contributed by atoms with E-state index in [2.05, 4.69) is 13.0 Å². The molecule has 25 heavy (non-hydrogen) atoms. The van der Waals surface area contributed by atoms with Crippen LogP contribution in [0.3, 0.4) is 0 Å². The number of allylic oxidation sites excluding steroid dienone is 1. The standard InChI is InChI=1S/C21H27NO3/c1-13(10-19(23)22-9-7-6-8-15(22)3)17-11-18-14(2)12-25-21(18)16(4)20(17)24-5/h10-12,15H,6-9H2,1-5H3/b13-10+. The Morgan fingerprint density at radius 1 is 1.36 bits per heavy atom. The van der Waals surface area contributed by atoms with Gasteiger partial charge in [-0.15, -0.1) is 0 Å². The monoisotopic (exact) mass is 341 g/mol. The van der Waals surface area contributed by atoms with Gasteiger partial charge < -0.3 is 14.1 Å². The molecule has 4 nitrogen and oxygen atoms in total. The molecular formula is C21H27NO3. The summed E-state index contributed by atoms with van der Waals surface area (Å²) >= 11 is 0. The van der Waals surface area contributed by atoms with Crippen LogP contribution in [0.1, 0.15) is 49.8 Å². The summed E-state index contributed by atoms with van der Waals surface area (Å²) in [6.07, 6.45) is 6.89. The lowest BCUT2D eigenvalue weighted by Gasteiger charge is -2.32. The average molecular weight is 341 g/mol. The van der Waals surface area contributed by atoms with Crippen LogP contribution in [0, 0.1) is 13.8 Å². The first-order chi connectivity index (χ1) is 11.9. The lowest BCUT2D eigenvalue weighted by molar-refractivity contribution is -0.129. The second-order valence-corrected chi connectivity index (χ2v) is 7.08. The third-order valence-electron chi connectivity index (χ3n) is 5.29. The zero-order chi connectivity index (χ0) is 18.1. The Morgan fingerprint density at radius 3 is 2.80 bits per heavy atom. The molecule has 0 spiro atoms. The van der Waals surface area contributed by atoms with E-state index < -0.39 is 0 Å². The Balaban J connectivity index is 2.02. The molecule has 1 amide bonds. The molecule has 3 rings (SSSR count). The van der Waals surface area contributed by atoms with Crippen molar-refractivity contribution in [3.8, 4) is 5.75 Å². The number of hydrogen-bond acceptors (Lipinski definition) is 3. The van der Waals surface area contributed by atoms with Crippen molar-refractivity contribution in [1.82, 2.24) is 4.90 Å². The van der Waals surface area contributed by atoms with Crippen LogP contribution in [-0.2, 0) is 4.79 Å². The van der Waals surface area contributed by atoms with Gasteiger partial charge in [0.25, 0.3) is 0 Å². The minimum absolute atomic E-state index is 0.0911. The lowest BCUT2D eigenvalue weighted by Crippen LogP contribution is -2.41. The number of hydrogen-bond donors (Lipinski definition) is 0. The molecule has 1 atom stereocenters. The number of methoxy groups -OCH3 is 1. The van der Waals surface area contributed by atoms with Gasteiger partial charge in [0.1, 0.15) is 11.3 Å². The number of carbonyl (C=O) groups excluding carboxylic acids is 1. The van der Waals surface area contributed by atoms with Gasteiger partial charge in [0.05, 0.1) is 13.4 Å². The highest BCUT2D eigenvalue weighted by Crippen LogP contribution is 2.37. The Kier molecular flexibility index (Phi) is 4.89. The third kappa shape index (κ3) is 3.17. The van der Waals surface area contributed by atoms with Crippen LogP contribution in [0.2, 0.25) is 0 Å². The second kappa shape index (κ2) is 6.95. The zero-order valence-corrected chi connectivity index (χ0v) is 15.8. The average Bonchev–Trinajstić information content (AvgIpc) is 2.96. The van der Waals surface area contributed by atoms with Gasteiger partial charge in [-0.25, -0.2) is 0 Å². The van der Waals surface area contributed by atoms with E-state index >= 15 is 0 Å². The summed E-state index contributed by atoms with van der Waals surface area (Å²) in [4.78, 5) is 14.7. The maximum absolute atomic E-state index is 12.7. The third-order valence-corrected chi connectivity index (χ3v) is 5.29. The normalized spacial score (nSPS) is 18.7. The molecule has 4 heteroatoms. The van der Waals surface area contributed by atoms with Crippen molar-refractivity contribution in [2.75, 3.05) is 13.7 Å². The molecule has 1 unspecified atom stereocenters. The van der Waals surface area contributed by atoms with Crippen molar-refractivity contribution in [2.24, 2.45) is 0 Å². The minimum Gasteiger partial charge on any atom is -0.496 e. The molecule has 134 valence electrons. The van der Waals surface area contributed by atoms with Gasteiger partial charge in [-0.05, 0) is 64.2 Å². The van der Waals surface area contributed by atoms with Crippen LogP contribution in [-0.4, -0.2) is 30.5 Å². The smallest absolute Gasteiger partial charge is 0.247 e. The predicted octanol–water partition coefficient (Wildman–Crippen LogP) is 4.86. The predicted molar refractivity (Wildman–Crippen MR) is 101 cm³/mol. The molecule has 2 aromatic rings. The molecule has 0 N–H and O–H groups in total. The van der Waals surface area contributed by atoms with Crippen molar-refractivity contribution < 1.29 is 13.9 Å². The molecule has 0 saturated carbocycles. The number of furan rings is 1. The minimum atomic E-state index is 0.0911. The summed E-state index contributed by atoms with van der Waals surface area (Å²) in [6, 6.07) is 2.38. The number of piperidine rings is 1. The summed E-state index contributed by atoms with van der Waals surface area (Å²) in [5, 5.41) is 1.07. The van der Waals surface area contributed by atoms with E-state index in [1.807, 2.05) is 25.7 Å². The van der Waals surface area contributed by atoms with E-state index in [1.165, 1.54) is 6.42 Å². The number of nitrogens with zero attached hydrogens (tertiary/aromatic N) is 1.